The number of rotatable bonds is 5. The molecule has 8 heteroatoms. The Labute approximate surface area is 139 Å². The highest BCUT2D eigenvalue weighted by molar-refractivity contribution is 6.35. The van der Waals surface area contributed by atoms with E-state index in [1.807, 2.05) is 0 Å². The van der Waals surface area contributed by atoms with Crippen molar-refractivity contribution >= 4 is 29.6 Å². The SMILES string of the molecule is COc1ccc(Cl)cc1/C=N\NC(=O)C(=O)NC[C@H]1CCCO1. The van der Waals surface area contributed by atoms with E-state index in [1.165, 1.54) is 13.3 Å². The monoisotopic (exact) mass is 339 g/mol. The highest BCUT2D eigenvalue weighted by Gasteiger charge is 2.18. The van der Waals surface area contributed by atoms with Crippen LogP contribution in [0.2, 0.25) is 5.02 Å². The van der Waals surface area contributed by atoms with Crippen LogP contribution in [-0.4, -0.2) is 44.4 Å². The van der Waals surface area contributed by atoms with Crippen molar-refractivity contribution in [2.45, 2.75) is 18.9 Å². The van der Waals surface area contributed by atoms with Gasteiger partial charge in [-0.25, -0.2) is 5.43 Å². The maximum Gasteiger partial charge on any atom is 0.329 e. The lowest BCUT2D eigenvalue weighted by atomic mass is 10.2. The molecule has 1 aromatic carbocycles. The number of nitrogens with zero attached hydrogens (tertiary/aromatic N) is 1. The largest absolute Gasteiger partial charge is 0.496 e. The predicted molar refractivity (Wildman–Crippen MR) is 85.7 cm³/mol. The van der Waals surface area contributed by atoms with Crippen LogP contribution in [0.1, 0.15) is 18.4 Å². The fourth-order valence-corrected chi connectivity index (χ4v) is 2.29. The molecule has 23 heavy (non-hydrogen) atoms. The topological polar surface area (TPSA) is 89.0 Å². The first-order valence-corrected chi connectivity index (χ1v) is 7.54. The normalized spacial score (nSPS) is 17.2. The molecule has 1 heterocycles. The Balaban J connectivity index is 1.83. The molecule has 1 aliphatic rings. The Morgan fingerprint density at radius 2 is 2.30 bits per heavy atom. The third-order valence-electron chi connectivity index (χ3n) is 3.28. The van der Waals surface area contributed by atoms with Gasteiger partial charge in [-0.3, -0.25) is 9.59 Å². The number of benzene rings is 1. The van der Waals surface area contributed by atoms with Crippen LogP contribution in [0.15, 0.2) is 23.3 Å². The zero-order chi connectivity index (χ0) is 16.7. The Morgan fingerprint density at radius 3 is 3.00 bits per heavy atom. The number of hydrogen-bond donors (Lipinski definition) is 2. The molecule has 1 aliphatic heterocycles. The van der Waals surface area contributed by atoms with E-state index in [1.54, 1.807) is 18.2 Å². The van der Waals surface area contributed by atoms with Crippen molar-refractivity contribution in [2.75, 3.05) is 20.3 Å². The number of amides is 2. The van der Waals surface area contributed by atoms with Crippen molar-refractivity contribution in [3.63, 3.8) is 0 Å². The van der Waals surface area contributed by atoms with Gasteiger partial charge < -0.3 is 14.8 Å². The maximum absolute atomic E-state index is 11.6. The van der Waals surface area contributed by atoms with Gasteiger partial charge in [0.05, 0.1) is 19.4 Å². The van der Waals surface area contributed by atoms with Gasteiger partial charge in [-0.2, -0.15) is 5.10 Å². The molecule has 1 atom stereocenters. The molecule has 0 aromatic heterocycles. The van der Waals surface area contributed by atoms with Crippen molar-refractivity contribution in [3.05, 3.63) is 28.8 Å². The summed E-state index contributed by atoms with van der Waals surface area (Å²) in [6.07, 6.45) is 3.19. The van der Waals surface area contributed by atoms with Gasteiger partial charge >= 0.3 is 11.8 Å². The summed E-state index contributed by atoms with van der Waals surface area (Å²) in [7, 11) is 1.51. The van der Waals surface area contributed by atoms with Crippen LogP contribution in [0.4, 0.5) is 0 Å². The van der Waals surface area contributed by atoms with Crippen molar-refractivity contribution in [1.29, 1.82) is 0 Å². The molecule has 1 fully saturated rings. The van der Waals surface area contributed by atoms with Crippen LogP contribution < -0.4 is 15.5 Å². The third-order valence-corrected chi connectivity index (χ3v) is 3.52. The number of carbonyl (C=O) groups is 2. The number of halogens is 1. The highest BCUT2D eigenvalue weighted by Crippen LogP contribution is 2.20. The summed E-state index contributed by atoms with van der Waals surface area (Å²) in [5.74, 6) is -1.05. The molecule has 2 N–H and O–H groups in total. The maximum atomic E-state index is 11.6. The first-order valence-electron chi connectivity index (χ1n) is 7.16. The summed E-state index contributed by atoms with van der Waals surface area (Å²) >= 11 is 5.89. The molecular formula is C15H18ClN3O4. The molecule has 124 valence electrons. The van der Waals surface area contributed by atoms with Gasteiger partial charge in [-0.1, -0.05) is 11.6 Å². The van der Waals surface area contributed by atoms with E-state index in [2.05, 4.69) is 15.8 Å². The standard InChI is InChI=1S/C15H18ClN3O4/c1-22-13-5-4-11(16)7-10(13)8-18-19-15(21)14(20)17-9-12-3-2-6-23-12/h4-5,7-8,12H,2-3,6,9H2,1H3,(H,17,20)(H,19,21)/b18-8-/t12-/m1/s1. The lowest BCUT2D eigenvalue weighted by Gasteiger charge is -2.09. The van der Waals surface area contributed by atoms with Gasteiger partial charge in [0, 0.05) is 23.7 Å². The molecule has 0 bridgehead atoms. The fourth-order valence-electron chi connectivity index (χ4n) is 2.11. The Hall–Kier alpha value is -2.12. The second kappa shape index (κ2) is 8.50. The van der Waals surface area contributed by atoms with Crippen LogP contribution in [-0.2, 0) is 14.3 Å². The van der Waals surface area contributed by atoms with Crippen LogP contribution in [0, 0.1) is 0 Å². The number of nitrogens with one attached hydrogen (secondary N) is 2. The van der Waals surface area contributed by atoms with Crippen LogP contribution >= 0.6 is 11.6 Å². The minimum absolute atomic E-state index is 0.0222. The summed E-state index contributed by atoms with van der Waals surface area (Å²) in [5, 5.41) is 6.75. The summed E-state index contributed by atoms with van der Waals surface area (Å²) < 4.78 is 10.5. The van der Waals surface area contributed by atoms with Gasteiger partial charge in [0.15, 0.2) is 0 Å². The second-order valence-corrected chi connectivity index (χ2v) is 5.37. The summed E-state index contributed by atoms with van der Waals surface area (Å²) in [6.45, 7) is 1.01. The molecule has 0 spiro atoms. The van der Waals surface area contributed by atoms with Gasteiger partial charge in [0.25, 0.3) is 0 Å². The number of ether oxygens (including phenoxy) is 2. The zero-order valence-corrected chi connectivity index (χ0v) is 13.4. The fraction of sp³-hybridized carbons (Fsp3) is 0.400. The van der Waals surface area contributed by atoms with Gasteiger partial charge in [-0.05, 0) is 31.0 Å². The van der Waals surface area contributed by atoms with E-state index in [9.17, 15) is 9.59 Å². The van der Waals surface area contributed by atoms with Gasteiger partial charge in [0.2, 0.25) is 0 Å². The average molecular weight is 340 g/mol. The molecule has 1 saturated heterocycles. The predicted octanol–water partition coefficient (Wildman–Crippen LogP) is 1.09. The van der Waals surface area contributed by atoms with E-state index < -0.39 is 11.8 Å². The highest BCUT2D eigenvalue weighted by atomic mass is 35.5. The lowest BCUT2D eigenvalue weighted by molar-refractivity contribution is -0.139. The van der Waals surface area contributed by atoms with Gasteiger partial charge in [0.1, 0.15) is 5.75 Å². The molecule has 0 aliphatic carbocycles. The van der Waals surface area contributed by atoms with Gasteiger partial charge in [-0.15, -0.1) is 0 Å². The summed E-state index contributed by atoms with van der Waals surface area (Å²) in [5.41, 5.74) is 2.74. The lowest BCUT2D eigenvalue weighted by Crippen LogP contribution is -2.41. The van der Waals surface area contributed by atoms with Crippen molar-refractivity contribution < 1.29 is 19.1 Å². The Kier molecular flexibility index (Phi) is 6.37. The first-order chi connectivity index (χ1) is 11.1. The molecule has 0 radical (unpaired) electrons. The number of hydrogen-bond acceptors (Lipinski definition) is 5. The van der Waals surface area contributed by atoms with E-state index in [0.29, 0.717) is 29.5 Å². The zero-order valence-electron chi connectivity index (χ0n) is 12.7. The molecule has 1 aromatic rings. The molecule has 7 nitrogen and oxygen atoms in total. The second-order valence-electron chi connectivity index (χ2n) is 4.93. The molecule has 2 rings (SSSR count). The number of methoxy groups -OCH3 is 1. The summed E-state index contributed by atoms with van der Waals surface area (Å²) in [6, 6.07) is 4.99. The number of carbonyl (C=O) groups excluding carboxylic acids is 2. The minimum atomic E-state index is -0.847. The Bertz CT molecular complexity index is 600. The first kappa shape index (κ1) is 17.2. The molecule has 0 unspecified atom stereocenters. The van der Waals surface area contributed by atoms with Crippen molar-refractivity contribution in [2.24, 2.45) is 5.10 Å². The van der Waals surface area contributed by atoms with E-state index in [-0.39, 0.29) is 6.10 Å². The Morgan fingerprint density at radius 1 is 1.48 bits per heavy atom. The molecule has 0 saturated carbocycles. The average Bonchev–Trinajstić information content (AvgIpc) is 3.06. The quantitative estimate of drug-likeness (QED) is 0.477. The minimum Gasteiger partial charge on any atom is -0.496 e. The smallest absolute Gasteiger partial charge is 0.329 e. The van der Waals surface area contributed by atoms with Crippen LogP contribution in [0.3, 0.4) is 0 Å². The van der Waals surface area contributed by atoms with Crippen molar-refractivity contribution in [1.82, 2.24) is 10.7 Å². The van der Waals surface area contributed by atoms with Crippen LogP contribution in [0.25, 0.3) is 0 Å². The van der Waals surface area contributed by atoms with Crippen molar-refractivity contribution in [3.8, 4) is 5.75 Å². The van der Waals surface area contributed by atoms with E-state index in [0.717, 1.165) is 12.8 Å². The summed E-state index contributed by atoms with van der Waals surface area (Å²) in [4.78, 5) is 23.2. The number of hydrazone groups is 1. The van der Waals surface area contributed by atoms with E-state index in [4.69, 9.17) is 21.1 Å². The third kappa shape index (κ3) is 5.22. The van der Waals surface area contributed by atoms with E-state index >= 15 is 0 Å². The van der Waals surface area contributed by atoms with Crippen LogP contribution in [0.5, 0.6) is 5.75 Å². The molecular weight excluding hydrogens is 322 g/mol. The molecule has 2 amide bonds.